The molecule has 0 rings (SSSR count). The Morgan fingerprint density at radius 1 is 1.06 bits per heavy atom. The number of unbranched alkanes of at least 4 members (excludes halogenated alkanes) is 1. The van der Waals surface area contributed by atoms with Gasteiger partial charge in [0.2, 0.25) is 0 Å². The fraction of sp³-hybridized carbons (Fsp3) is 1.00. The molecule has 2 atom stereocenters. The summed E-state index contributed by atoms with van der Waals surface area (Å²) in [6, 6.07) is 0.736. The Bertz CT molecular complexity index is 148. The Hall–Kier alpha value is -0.0800. The van der Waals surface area contributed by atoms with Crippen molar-refractivity contribution in [2.24, 2.45) is 11.7 Å². The van der Waals surface area contributed by atoms with Crippen LogP contribution in [0.5, 0.6) is 0 Å². The summed E-state index contributed by atoms with van der Waals surface area (Å²) in [4.78, 5) is 2.65. The zero-order valence-electron chi connectivity index (χ0n) is 11.8. The minimum absolute atomic E-state index is 0.685. The van der Waals surface area contributed by atoms with E-state index < -0.39 is 0 Å². The highest BCUT2D eigenvalue weighted by Crippen LogP contribution is 2.10. The van der Waals surface area contributed by atoms with E-state index in [0.29, 0.717) is 5.92 Å². The van der Waals surface area contributed by atoms with E-state index in [-0.39, 0.29) is 0 Å². The van der Waals surface area contributed by atoms with Crippen molar-refractivity contribution < 1.29 is 0 Å². The molecule has 0 bridgehead atoms. The third-order valence-electron chi connectivity index (χ3n) is 3.56. The van der Waals surface area contributed by atoms with Crippen molar-refractivity contribution in [1.82, 2.24) is 4.90 Å². The second-order valence-corrected chi connectivity index (χ2v) is 5.13. The first kappa shape index (κ1) is 15.9. The third-order valence-corrected chi connectivity index (χ3v) is 3.56. The van der Waals surface area contributed by atoms with E-state index >= 15 is 0 Å². The van der Waals surface area contributed by atoms with Gasteiger partial charge in [-0.1, -0.05) is 27.2 Å². The molecule has 0 aromatic carbocycles. The van der Waals surface area contributed by atoms with Crippen molar-refractivity contribution in [2.75, 3.05) is 19.6 Å². The van der Waals surface area contributed by atoms with Gasteiger partial charge < -0.3 is 10.6 Å². The number of rotatable bonds is 10. The van der Waals surface area contributed by atoms with Crippen LogP contribution in [0.4, 0.5) is 0 Å². The van der Waals surface area contributed by atoms with E-state index in [4.69, 9.17) is 5.73 Å². The zero-order valence-corrected chi connectivity index (χ0v) is 11.8. The van der Waals surface area contributed by atoms with Crippen LogP contribution in [0, 0.1) is 5.92 Å². The zero-order chi connectivity index (χ0) is 12.4. The van der Waals surface area contributed by atoms with Crippen LogP contribution >= 0.6 is 0 Å². The van der Waals surface area contributed by atoms with Crippen molar-refractivity contribution in [3.05, 3.63) is 0 Å². The van der Waals surface area contributed by atoms with Gasteiger partial charge in [0.1, 0.15) is 0 Å². The van der Waals surface area contributed by atoms with Gasteiger partial charge >= 0.3 is 0 Å². The Balaban J connectivity index is 3.82. The molecular formula is C14H32N2. The molecule has 2 N–H and O–H groups in total. The SMILES string of the molecule is CCCCN(CCCC(C)CN)C(C)CC. The smallest absolute Gasteiger partial charge is 0.00643 e. The first-order chi connectivity index (χ1) is 7.65. The molecule has 2 heteroatoms. The average Bonchev–Trinajstić information content (AvgIpc) is 2.32. The molecule has 2 nitrogen and oxygen atoms in total. The van der Waals surface area contributed by atoms with Crippen molar-refractivity contribution >= 4 is 0 Å². The first-order valence-electron chi connectivity index (χ1n) is 7.09. The monoisotopic (exact) mass is 228 g/mol. The highest BCUT2D eigenvalue weighted by Gasteiger charge is 2.11. The van der Waals surface area contributed by atoms with Crippen LogP contribution in [0.2, 0.25) is 0 Å². The lowest BCUT2D eigenvalue weighted by atomic mass is 10.1. The molecule has 0 aliphatic carbocycles. The molecule has 0 fully saturated rings. The molecule has 0 saturated carbocycles. The molecule has 0 amide bonds. The average molecular weight is 228 g/mol. The number of nitrogens with zero attached hydrogens (tertiary/aromatic N) is 1. The van der Waals surface area contributed by atoms with Crippen LogP contribution in [0.25, 0.3) is 0 Å². The maximum Gasteiger partial charge on any atom is 0.00643 e. The molecule has 98 valence electrons. The molecular weight excluding hydrogens is 196 g/mol. The van der Waals surface area contributed by atoms with Crippen molar-refractivity contribution in [3.63, 3.8) is 0 Å². The minimum Gasteiger partial charge on any atom is -0.330 e. The van der Waals surface area contributed by atoms with Crippen LogP contribution in [-0.2, 0) is 0 Å². The molecule has 0 saturated heterocycles. The fourth-order valence-electron chi connectivity index (χ4n) is 1.93. The van der Waals surface area contributed by atoms with Gasteiger partial charge in [-0.05, 0) is 58.2 Å². The molecule has 2 unspecified atom stereocenters. The van der Waals surface area contributed by atoms with Gasteiger partial charge in [-0.2, -0.15) is 0 Å². The highest BCUT2D eigenvalue weighted by atomic mass is 15.1. The van der Waals surface area contributed by atoms with Gasteiger partial charge in [-0.3, -0.25) is 0 Å². The summed E-state index contributed by atoms with van der Waals surface area (Å²) in [5.74, 6) is 0.685. The molecule has 0 aromatic heterocycles. The number of hydrogen-bond donors (Lipinski definition) is 1. The Morgan fingerprint density at radius 3 is 2.19 bits per heavy atom. The van der Waals surface area contributed by atoms with Crippen molar-refractivity contribution in [3.8, 4) is 0 Å². The topological polar surface area (TPSA) is 29.3 Å². The predicted octanol–water partition coefficient (Wildman–Crippen LogP) is 3.26. The van der Waals surface area contributed by atoms with Gasteiger partial charge in [0.15, 0.2) is 0 Å². The Kier molecular flexibility index (Phi) is 10.0. The van der Waals surface area contributed by atoms with Crippen LogP contribution in [0.15, 0.2) is 0 Å². The second kappa shape index (κ2) is 10.1. The standard InChI is InChI=1S/C14H32N2/c1-5-7-10-16(14(4)6-2)11-8-9-13(3)12-15/h13-14H,5-12,15H2,1-4H3. The normalized spacial score (nSPS) is 15.4. The maximum atomic E-state index is 5.64. The predicted molar refractivity (Wildman–Crippen MR) is 73.7 cm³/mol. The van der Waals surface area contributed by atoms with Gasteiger partial charge in [-0.25, -0.2) is 0 Å². The van der Waals surface area contributed by atoms with Crippen LogP contribution in [0.1, 0.15) is 59.8 Å². The quantitative estimate of drug-likeness (QED) is 0.622. The summed E-state index contributed by atoms with van der Waals surface area (Å²) in [5.41, 5.74) is 5.64. The summed E-state index contributed by atoms with van der Waals surface area (Å²) in [6.45, 7) is 12.5. The fourth-order valence-corrected chi connectivity index (χ4v) is 1.93. The largest absolute Gasteiger partial charge is 0.330 e. The van der Waals surface area contributed by atoms with Crippen LogP contribution < -0.4 is 5.73 Å². The Morgan fingerprint density at radius 2 is 1.69 bits per heavy atom. The highest BCUT2D eigenvalue weighted by molar-refractivity contribution is 4.66. The Labute approximate surface area is 103 Å². The van der Waals surface area contributed by atoms with E-state index in [2.05, 4.69) is 32.6 Å². The molecule has 0 aliphatic rings. The van der Waals surface area contributed by atoms with Gasteiger partial charge in [-0.15, -0.1) is 0 Å². The summed E-state index contributed by atoms with van der Waals surface area (Å²) in [6.07, 6.45) is 6.46. The molecule has 16 heavy (non-hydrogen) atoms. The van der Waals surface area contributed by atoms with E-state index in [1.165, 1.54) is 45.2 Å². The third kappa shape index (κ3) is 7.24. The molecule has 0 aromatic rings. The van der Waals surface area contributed by atoms with Crippen LogP contribution in [0.3, 0.4) is 0 Å². The van der Waals surface area contributed by atoms with E-state index in [0.717, 1.165) is 12.6 Å². The molecule has 0 spiro atoms. The van der Waals surface area contributed by atoms with Gasteiger partial charge in [0, 0.05) is 6.04 Å². The van der Waals surface area contributed by atoms with Gasteiger partial charge in [0.25, 0.3) is 0 Å². The van der Waals surface area contributed by atoms with E-state index in [1.807, 2.05) is 0 Å². The summed E-state index contributed by atoms with van der Waals surface area (Å²) < 4.78 is 0. The van der Waals surface area contributed by atoms with Crippen molar-refractivity contribution in [2.45, 2.75) is 65.8 Å². The van der Waals surface area contributed by atoms with E-state index in [9.17, 15) is 0 Å². The summed E-state index contributed by atoms with van der Waals surface area (Å²) in [5, 5.41) is 0. The first-order valence-corrected chi connectivity index (χ1v) is 7.09. The van der Waals surface area contributed by atoms with Crippen molar-refractivity contribution in [1.29, 1.82) is 0 Å². The van der Waals surface area contributed by atoms with E-state index in [1.54, 1.807) is 0 Å². The number of hydrogen-bond acceptors (Lipinski definition) is 2. The molecule has 0 heterocycles. The minimum atomic E-state index is 0.685. The maximum absolute atomic E-state index is 5.64. The summed E-state index contributed by atoms with van der Waals surface area (Å²) in [7, 11) is 0. The number of nitrogens with two attached hydrogens (primary N) is 1. The summed E-state index contributed by atoms with van der Waals surface area (Å²) >= 11 is 0. The molecule has 0 radical (unpaired) electrons. The van der Waals surface area contributed by atoms with Gasteiger partial charge in [0.05, 0.1) is 0 Å². The lowest BCUT2D eigenvalue weighted by molar-refractivity contribution is 0.194. The lowest BCUT2D eigenvalue weighted by Gasteiger charge is -2.28. The molecule has 0 aliphatic heterocycles. The lowest BCUT2D eigenvalue weighted by Crippen LogP contribution is -2.34. The second-order valence-electron chi connectivity index (χ2n) is 5.13. The van der Waals surface area contributed by atoms with Crippen LogP contribution in [-0.4, -0.2) is 30.6 Å².